The van der Waals surface area contributed by atoms with Gasteiger partial charge >= 0.3 is 6.09 Å². The smallest absolute Gasteiger partial charge is 0.410 e. The number of likely N-dealkylation sites (tertiary alicyclic amines) is 1. The zero-order valence-electron chi connectivity index (χ0n) is 17.4. The van der Waals surface area contributed by atoms with E-state index in [4.69, 9.17) is 19.9 Å². The standard InChI is InChI=1S/C23H30N2O4/c1-23(2,3)29-22(26)25-13-11-19(12-14-25)28-20-10-9-18(24)15-21(20)27-16-17-7-5-4-6-8-17/h4-10,15,19H,11-14,16,24H2,1-3H3. The first-order valence-corrected chi connectivity index (χ1v) is 10.0. The largest absolute Gasteiger partial charge is 0.486 e. The molecule has 0 radical (unpaired) electrons. The van der Waals surface area contributed by atoms with Crippen molar-refractivity contribution in [1.29, 1.82) is 0 Å². The Morgan fingerprint density at radius 1 is 1.07 bits per heavy atom. The second kappa shape index (κ2) is 9.07. The van der Waals surface area contributed by atoms with Gasteiger partial charge in [0.2, 0.25) is 0 Å². The van der Waals surface area contributed by atoms with Crippen molar-refractivity contribution in [2.45, 2.75) is 51.9 Å². The number of benzene rings is 2. The molecular formula is C23H30N2O4. The van der Waals surface area contributed by atoms with Crippen molar-refractivity contribution in [3.8, 4) is 11.5 Å². The molecule has 2 aromatic carbocycles. The van der Waals surface area contributed by atoms with Crippen molar-refractivity contribution in [3.05, 3.63) is 54.1 Å². The quantitative estimate of drug-likeness (QED) is 0.744. The summed E-state index contributed by atoms with van der Waals surface area (Å²) in [5, 5.41) is 0. The van der Waals surface area contributed by atoms with Crippen LogP contribution in [0.5, 0.6) is 11.5 Å². The summed E-state index contributed by atoms with van der Waals surface area (Å²) in [6, 6.07) is 15.4. The molecule has 0 aromatic heterocycles. The Morgan fingerprint density at radius 2 is 1.76 bits per heavy atom. The van der Waals surface area contributed by atoms with Crippen LogP contribution in [0.3, 0.4) is 0 Å². The number of hydrogen-bond donors (Lipinski definition) is 1. The van der Waals surface area contributed by atoms with Crippen LogP contribution in [-0.4, -0.2) is 35.8 Å². The van der Waals surface area contributed by atoms with Crippen LogP contribution in [0.4, 0.5) is 10.5 Å². The van der Waals surface area contributed by atoms with Crippen LogP contribution in [0, 0.1) is 0 Å². The summed E-state index contributed by atoms with van der Waals surface area (Å²) >= 11 is 0. The fraction of sp³-hybridized carbons (Fsp3) is 0.435. The van der Waals surface area contributed by atoms with E-state index in [9.17, 15) is 4.79 Å². The highest BCUT2D eigenvalue weighted by atomic mass is 16.6. The number of nitrogens with two attached hydrogens (primary N) is 1. The van der Waals surface area contributed by atoms with Crippen molar-refractivity contribution in [2.24, 2.45) is 0 Å². The van der Waals surface area contributed by atoms with Crippen molar-refractivity contribution in [2.75, 3.05) is 18.8 Å². The Balaban J connectivity index is 1.57. The SMILES string of the molecule is CC(C)(C)OC(=O)N1CCC(Oc2ccc(N)cc2OCc2ccccc2)CC1. The minimum atomic E-state index is -0.487. The fourth-order valence-corrected chi connectivity index (χ4v) is 3.13. The minimum absolute atomic E-state index is 0.0105. The number of anilines is 1. The summed E-state index contributed by atoms with van der Waals surface area (Å²) in [7, 11) is 0. The first kappa shape index (κ1) is 20.8. The molecule has 29 heavy (non-hydrogen) atoms. The van der Waals surface area contributed by atoms with Gasteiger partial charge in [-0.15, -0.1) is 0 Å². The van der Waals surface area contributed by atoms with E-state index >= 15 is 0 Å². The molecule has 0 saturated carbocycles. The Kier molecular flexibility index (Phi) is 6.52. The molecule has 3 rings (SSSR count). The lowest BCUT2D eigenvalue weighted by atomic mass is 10.1. The maximum Gasteiger partial charge on any atom is 0.410 e. The molecule has 0 bridgehead atoms. The normalized spacial score (nSPS) is 15.1. The van der Waals surface area contributed by atoms with E-state index in [1.54, 1.807) is 17.0 Å². The fourth-order valence-electron chi connectivity index (χ4n) is 3.13. The molecule has 0 atom stereocenters. The van der Waals surface area contributed by atoms with Crippen LogP contribution in [0.15, 0.2) is 48.5 Å². The van der Waals surface area contributed by atoms with Gasteiger partial charge in [0.15, 0.2) is 11.5 Å². The third kappa shape index (κ3) is 6.31. The molecule has 2 N–H and O–H groups in total. The Bertz CT molecular complexity index is 809. The van der Waals surface area contributed by atoms with Crippen LogP contribution in [0.25, 0.3) is 0 Å². The zero-order chi connectivity index (χ0) is 20.9. The van der Waals surface area contributed by atoms with Crippen molar-refractivity contribution >= 4 is 11.8 Å². The van der Waals surface area contributed by atoms with Crippen molar-refractivity contribution in [1.82, 2.24) is 4.90 Å². The van der Waals surface area contributed by atoms with E-state index in [0.29, 0.717) is 36.9 Å². The molecule has 1 saturated heterocycles. The number of carbonyl (C=O) groups excluding carboxylic acids is 1. The predicted octanol–water partition coefficient (Wildman–Crippen LogP) is 4.63. The molecule has 2 aromatic rings. The average Bonchev–Trinajstić information content (AvgIpc) is 2.68. The van der Waals surface area contributed by atoms with Gasteiger partial charge in [0.25, 0.3) is 0 Å². The van der Waals surface area contributed by atoms with Gasteiger partial charge in [-0.2, -0.15) is 0 Å². The maximum absolute atomic E-state index is 12.2. The van der Waals surface area contributed by atoms with Gasteiger partial charge in [-0.1, -0.05) is 30.3 Å². The highest BCUT2D eigenvalue weighted by molar-refractivity contribution is 5.68. The van der Waals surface area contributed by atoms with Crippen LogP contribution >= 0.6 is 0 Å². The van der Waals surface area contributed by atoms with Gasteiger partial charge in [-0.05, 0) is 38.5 Å². The highest BCUT2D eigenvalue weighted by Crippen LogP contribution is 2.32. The van der Waals surface area contributed by atoms with Gasteiger partial charge in [0.05, 0.1) is 0 Å². The monoisotopic (exact) mass is 398 g/mol. The lowest BCUT2D eigenvalue weighted by Gasteiger charge is -2.33. The first-order chi connectivity index (χ1) is 13.8. The summed E-state index contributed by atoms with van der Waals surface area (Å²) in [6.07, 6.45) is 1.22. The average molecular weight is 399 g/mol. The summed E-state index contributed by atoms with van der Waals surface area (Å²) in [5.74, 6) is 1.30. The summed E-state index contributed by atoms with van der Waals surface area (Å²) < 4.78 is 17.6. The third-order valence-electron chi connectivity index (χ3n) is 4.59. The molecule has 1 fully saturated rings. The summed E-state index contributed by atoms with van der Waals surface area (Å²) in [5.41, 5.74) is 7.15. The minimum Gasteiger partial charge on any atom is -0.486 e. The number of hydrogen-bond acceptors (Lipinski definition) is 5. The van der Waals surface area contributed by atoms with Crippen molar-refractivity contribution < 1.29 is 19.0 Å². The Hall–Kier alpha value is -2.89. The number of rotatable bonds is 5. The molecule has 1 heterocycles. The molecule has 6 heteroatoms. The molecule has 0 unspecified atom stereocenters. The molecule has 0 spiro atoms. The number of ether oxygens (including phenoxy) is 3. The van der Waals surface area contributed by atoms with Gasteiger partial charge < -0.3 is 24.8 Å². The zero-order valence-corrected chi connectivity index (χ0v) is 17.4. The molecular weight excluding hydrogens is 368 g/mol. The van der Waals surface area contributed by atoms with E-state index in [2.05, 4.69) is 0 Å². The van der Waals surface area contributed by atoms with Gasteiger partial charge in [0.1, 0.15) is 18.3 Å². The molecule has 1 aliphatic heterocycles. The highest BCUT2D eigenvalue weighted by Gasteiger charge is 2.28. The Labute approximate surface area is 172 Å². The first-order valence-electron chi connectivity index (χ1n) is 10.0. The van der Waals surface area contributed by atoms with Crippen LogP contribution in [-0.2, 0) is 11.3 Å². The van der Waals surface area contributed by atoms with E-state index in [-0.39, 0.29) is 12.2 Å². The van der Waals surface area contributed by atoms with Gasteiger partial charge in [-0.3, -0.25) is 0 Å². The van der Waals surface area contributed by atoms with Crippen molar-refractivity contribution in [3.63, 3.8) is 0 Å². The van der Waals surface area contributed by atoms with E-state index in [1.807, 2.05) is 57.2 Å². The molecule has 156 valence electrons. The van der Waals surface area contributed by atoms with E-state index in [0.717, 1.165) is 18.4 Å². The third-order valence-corrected chi connectivity index (χ3v) is 4.59. The second-order valence-electron chi connectivity index (χ2n) is 8.27. The molecule has 0 aliphatic carbocycles. The lowest BCUT2D eigenvalue weighted by molar-refractivity contribution is 0.0124. The summed E-state index contributed by atoms with van der Waals surface area (Å²) in [4.78, 5) is 14.0. The Morgan fingerprint density at radius 3 is 2.41 bits per heavy atom. The number of amides is 1. The second-order valence-corrected chi connectivity index (χ2v) is 8.27. The lowest BCUT2D eigenvalue weighted by Crippen LogP contribution is -2.44. The molecule has 6 nitrogen and oxygen atoms in total. The summed E-state index contributed by atoms with van der Waals surface area (Å²) in [6.45, 7) is 7.28. The number of carbonyl (C=O) groups is 1. The molecule has 1 aliphatic rings. The van der Waals surface area contributed by atoms with Crippen LogP contribution in [0.2, 0.25) is 0 Å². The van der Waals surface area contributed by atoms with Crippen LogP contribution < -0.4 is 15.2 Å². The molecule has 1 amide bonds. The van der Waals surface area contributed by atoms with Gasteiger partial charge in [0, 0.05) is 37.7 Å². The van der Waals surface area contributed by atoms with E-state index in [1.165, 1.54) is 0 Å². The number of nitrogens with zero attached hydrogens (tertiary/aromatic N) is 1. The van der Waals surface area contributed by atoms with Crippen LogP contribution in [0.1, 0.15) is 39.2 Å². The number of nitrogen functional groups attached to an aromatic ring is 1. The van der Waals surface area contributed by atoms with E-state index < -0.39 is 5.60 Å². The maximum atomic E-state index is 12.2. The topological polar surface area (TPSA) is 74.0 Å². The number of piperidine rings is 1. The predicted molar refractivity (Wildman–Crippen MR) is 113 cm³/mol. The van der Waals surface area contributed by atoms with Gasteiger partial charge in [-0.25, -0.2) is 4.79 Å².